The minimum Gasteiger partial charge on any atom is -0.365 e. The van der Waals surface area contributed by atoms with Crippen molar-refractivity contribution in [3.63, 3.8) is 0 Å². The summed E-state index contributed by atoms with van der Waals surface area (Å²) in [5.74, 6) is 0.681. The summed E-state index contributed by atoms with van der Waals surface area (Å²) < 4.78 is 5.78. The fourth-order valence-corrected chi connectivity index (χ4v) is 3.06. The molecule has 7 nitrogen and oxygen atoms in total. The SMILES string of the molecule is O=C([C@H]1CN(c2ncccn2)CCO1)N(Cc1ccccn1)C1CC1. The molecule has 0 N–H and O–H groups in total. The van der Waals surface area contributed by atoms with Gasteiger partial charge in [0, 0.05) is 31.2 Å². The van der Waals surface area contributed by atoms with Crippen molar-refractivity contribution in [2.75, 3.05) is 24.6 Å². The quantitative estimate of drug-likeness (QED) is 0.817. The van der Waals surface area contributed by atoms with Gasteiger partial charge in [-0.25, -0.2) is 9.97 Å². The number of anilines is 1. The van der Waals surface area contributed by atoms with Gasteiger partial charge in [-0.05, 0) is 31.0 Å². The van der Waals surface area contributed by atoms with E-state index in [2.05, 4.69) is 15.0 Å². The summed E-state index contributed by atoms with van der Waals surface area (Å²) in [6.07, 6.45) is 6.81. The maximum absolute atomic E-state index is 13.1. The summed E-state index contributed by atoms with van der Waals surface area (Å²) in [5, 5.41) is 0. The third-order valence-electron chi connectivity index (χ3n) is 4.51. The molecule has 3 heterocycles. The largest absolute Gasteiger partial charge is 0.365 e. The summed E-state index contributed by atoms with van der Waals surface area (Å²) in [4.78, 5) is 29.9. The molecule has 0 aromatic carbocycles. The number of morpholine rings is 1. The van der Waals surface area contributed by atoms with E-state index >= 15 is 0 Å². The van der Waals surface area contributed by atoms with Gasteiger partial charge in [0.1, 0.15) is 0 Å². The van der Waals surface area contributed by atoms with Crippen LogP contribution in [0.2, 0.25) is 0 Å². The zero-order chi connectivity index (χ0) is 17.1. The maximum Gasteiger partial charge on any atom is 0.254 e. The Labute approximate surface area is 146 Å². The van der Waals surface area contributed by atoms with Crippen molar-refractivity contribution in [2.24, 2.45) is 0 Å². The van der Waals surface area contributed by atoms with Crippen LogP contribution in [0, 0.1) is 0 Å². The maximum atomic E-state index is 13.1. The van der Waals surface area contributed by atoms with E-state index in [1.165, 1.54) is 0 Å². The molecule has 1 aliphatic heterocycles. The number of hydrogen-bond donors (Lipinski definition) is 0. The van der Waals surface area contributed by atoms with Crippen LogP contribution in [0.25, 0.3) is 0 Å². The lowest BCUT2D eigenvalue weighted by molar-refractivity contribution is -0.145. The number of ether oxygens (including phenoxy) is 1. The minimum absolute atomic E-state index is 0.0359. The monoisotopic (exact) mass is 339 g/mol. The summed E-state index contributed by atoms with van der Waals surface area (Å²) in [7, 11) is 0. The van der Waals surface area contributed by atoms with E-state index in [4.69, 9.17) is 4.74 Å². The van der Waals surface area contributed by atoms with Crippen LogP contribution in [0.5, 0.6) is 0 Å². The molecule has 0 bridgehead atoms. The molecule has 2 fully saturated rings. The van der Waals surface area contributed by atoms with Crippen LogP contribution in [0.3, 0.4) is 0 Å². The summed E-state index contributed by atoms with van der Waals surface area (Å²) in [5.41, 5.74) is 0.904. The van der Waals surface area contributed by atoms with Crippen molar-refractivity contribution in [3.05, 3.63) is 48.5 Å². The molecule has 1 atom stereocenters. The topological polar surface area (TPSA) is 71.5 Å². The standard InChI is InChI=1S/C18H21N5O2/c24-17(23(15-5-6-15)12-14-4-1-2-7-19-14)16-13-22(10-11-25-16)18-20-8-3-9-21-18/h1-4,7-9,15-16H,5-6,10-13H2/t16-/m1/s1. The number of amides is 1. The number of aromatic nitrogens is 3. The van der Waals surface area contributed by atoms with E-state index < -0.39 is 6.10 Å². The molecule has 1 aliphatic carbocycles. The van der Waals surface area contributed by atoms with Crippen LogP contribution < -0.4 is 4.90 Å². The molecule has 1 amide bonds. The van der Waals surface area contributed by atoms with E-state index in [1.807, 2.05) is 28.0 Å². The highest BCUT2D eigenvalue weighted by Gasteiger charge is 2.38. The highest BCUT2D eigenvalue weighted by atomic mass is 16.5. The lowest BCUT2D eigenvalue weighted by Crippen LogP contribution is -2.52. The number of carbonyl (C=O) groups excluding carboxylic acids is 1. The second-order valence-electron chi connectivity index (χ2n) is 6.37. The fraction of sp³-hybridized carbons (Fsp3) is 0.444. The summed E-state index contributed by atoms with van der Waals surface area (Å²) >= 11 is 0. The van der Waals surface area contributed by atoms with Gasteiger partial charge < -0.3 is 14.5 Å². The highest BCUT2D eigenvalue weighted by Crippen LogP contribution is 2.29. The Kier molecular flexibility index (Phi) is 4.56. The summed E-state index contributed by atoms with van der Waals surface area (Å²) in [6, 6.07) is 7.88. The van der Waals surface area contributed by atoms with E-state index in [1.54, 1.807) is 24.7 Å². The van der Waals surface area contributed by atoms with Crippen LogP contribution in [-0.4, -0.2) is 57.6 Å². The third kappa shape index (κ3) is 3.76. The lowest BCUT2D eigenvalue weighted by Gasteiger charge is -2.35. The predicted octanol–water partition coefficient (Wildman–Crippen LogP) is 1.27. The second kappa shape index (κ2) is 7.14. The van der Waals surface area contributed by atoms with Gasteiger partial charge in [-0.15, -0.1) is 0 Å². The summed E-state index contributed by atoms with van der Waals surface area (Å²) in [6.45, 7) is 2.20. The molecule has 2 aromatic rings. The first-order valence-corrected chi connectivity index (χ1v) is 8.65. The van der Waals surface area contributed by atoms with Crippen molar-refractivity contribution in [1.82, 2.24) is 19.9 Å². The van der Waals surface area contributed by atoms with Crippen LogP contribution in [0.15, 0.2) is 42.9 Å². The van der Waals surface area contributed by atoms with Crippen molar-refractivity contribution in [3.8, 4) is 0 Å². The van der Waals surface area contributed by atoms with Gasteiger partial charge in [0.25, 0.3) is 5.91 Å². The van der Waals surface area contributed by atoms with Crippen molar-refractivity contribution >= 4 is 11.9 Å². The first-order valence-electron chi connectivity index (χ1n) is 8.65. The van der Waals surface area contributed by atoms with Gasteiger partial charge in [-0.1, -0.05) is 6.07 Å². The number of rotatable bonds is 5. The van der Waals surface area contributed by atoms with Crippen LogP contribution in [-0.2, 0) is 16.1 Å². The molecule has 130 valence electrons. The first kappa shape index (κ1) is 16.0. The van der Waals surface area contributed by atoms with E-state index in [0.29, 0.717) is 38.2 Å². The molecule has 2 aliphatic rings. The Hall–Kier alpha value is -2.54. The van der Waals surface area contributed by atoms with Crippen molar-refractivity contribution in [1.29, 1.82) is 0 Å². The van der Waals surface area contributed by atoms with Gasteiger partial charge in [0.05, 0.1) is 25.4 Å². The Bertz CT molecular complexity index is 708. The molecule has 2 aromatic heterocycles. The Balaban J connectivity index is 1.46. The average molecular weight is 339 g/mol. The number of hydrogen-bond acceptors (Lipinski definition) is 6. The van der Waals surface area contributed by atoms with Gasteiger partial charge in [0.2, 0.25) is 5.95 Å². The first-order chi connectivity index (χ1) is 12.3. The molecule has 7 heteroatoms. The number of carbonyl (C=O) groups is 1. The molecule has 25 heavy (non-hydrogen) atoms. The van der Waals surface area contributed by atoms with Gasteiger partial charge in [-0.2, -0.15) is 0 Å². The molecule has 4 rings (SSSR count). The molecule has 1 saturated carbocycles. The molecular formula is C18H21N5O2. The average Bonchev–Trinajstić information content (AvgIpc) is 3.52. The predicted molar refractivity (Wildman–Crippen MR) is 91.8 cm³/mol. The smallest absolute Gasteiger partial charge is 0.254 e. The van der Waals surface area contributed by atoms with Gasteiger partial charge in [0.15, 0.2) is 6.10 Å². The normalized spacial score (nSPS) is 20.3. The van der Waals surface area contributed by atoms with Gasteiger partial charge >= 0.3 is 0 Å². The number of pyridine rings is 1. The molecule has 1 saturated heterocycles. The van der Waals surface area contributed by atoms with E-state index in [-0.39, 0.29) is 5.91 Å². The zero-order valence-corrected chi connectivity index (χ0v) is 14.0. The van der Waals surface area contributed by atoms with Crippen LogP contribution in [0.4, 0.5) is 5.95 Å². The Morgan fingerprint density at radius 2 is 1.96 bits per heavy atom. The molecule has 0 radical (unpaired) electrons. The second-order valence-corrected chi connectivity index (χ2v) is 6.37. The highest BCUT2D eigenvalue weighted by molar-refractivity contribution is 5.82. The molecule has 0 spiro atoms. The zero-order valence-electron chi connectivity index (χ0n) is 14.0. The Morgan fingerprint density at radius 1 is 1.16 bits per heavy atom. The van der Waals surface area contributed by atoms with E-state index in [9.17, 15) is 4.79 Å². The lowest BCUT2D eigenvalue weighted by atomic mass is 10.2. The number of nitrogens with zero attached hydrogens (tertiary/aromatic N) is 5. The van der Waals surface area contributed by atoms with Crippen LogP contribution >= 0.6 is 0 Å². The van der Waals surface area contributed by atoms with Gasteiger partial charge in [-0.3, -0.25) is 9.78 Å². The Morgan fingerprint density at radius 3 is 2.68 bits per heavy atom. The van der Waals surface area contributed by atoms with Crippen LogP contribution in [0.1, 0.15) is 18.5 Å². The minimum atomic E-state index is -0.484. The third-order valence-corrected chi connectivity index (χ3v) is 4.51. The molecule has 0 unspecified atom stereocenters. The van der Waals surface area contributed by atoms with E-state index in [0.717, 1.165) is 18.5 Å². The fourth-order valence-electron chi connectivity index (χ4n) is 3.06. The molecular weight excluding hydrogens is 318 g/mol. The van der Waals surface area contributed by atoms with Crippen molar-refractivity contribution in [2.45, 2.75) is 31.5 Å². The van der Waals surface area contributed by atoms with Crippen molar-refractivity contribution < 1.29 is 9.53 Å².